The van der Waals surface area contributed by atoms with E-state index in [1.54, 1.807) is 12.1 Å². The van der Waals surface area contributed by atoms with Gasteiger partial charge in [0, 0.05) is 11.9 Å². The first-order chi connectivity index (χ1) is 14.7. The summed E-state index contributed by atoms with van der Waals surface area (Å²) in [6.45, 7) is 3.01. The van der Waals surface area contributed by atoms with Crippen LogP contribution in [-0.2, 0) is 25.8 Å². The lowest BCUT2D eigenvalue weighted by Gasteiger charge is -2.34. The maximum Gasteiger partial charge on any atom is 0.475 e. The smallest absolute Gasteiger partial charge is 0.464 e. The monoisotopic (exact) mass is 450 g/mol. The van der Waals surface area contributed by atoms with Gasteiger partial charge in [-0.3, -0.25) is 4.79 Å². The van der Waals surface area contributed by atoms with Crippen molar-refractivity contribution in [1.82, 2.24) is 10.2 Å². The Hall–Kier alpha value is -2.83. The number of ether oxygens (including phenoxy) is 1. The third-order valence-electron chi connectivity index (χ3n) is 5.06. The van der Waals surface area contributed by atoms with Crippen LogP contribution in [0.15, 0.2) is 47.6 Å². The van der Waals surface area contributed by atoms with Gasteiger partial charge in [0.15, 0.2) is 9.84 Å². The quantitative estimate of drug-likeness (QED) is 0.391. The Morgan fingerprint density at radius 3 is 2.84 bits per heavy atom. The number of sulfone groups is 1. The van der Waals surface area contributed by atoms with E-state index < -0.39 is 40.9 Å². The van der Waals surface area contributed by atoms with Gasteiger partial charge in [0.25, 0.3) is 0 Å². The Labute approximate surface area is 179 Å². The summed E-state index contributed by atoms with van der Waals surface area (Å²) in [6, 6.07) is 6.32. The number of hydrogen-bond acceptors (Lipinski definition) is 8. The summed E-state index contributed by atoms with van der Waals surface area (Å²) in [7, 11) is -5.26. The van der Waals surface area contributed by atoms with Gasteiger partial charge in [-0.05, 0) is 24.1 Å². The van der Waals surface area contributed by atoms with Crippen LogP contribution in [0.25, 0.3) is 11.0 Å². The number of nitrogens with zero attached hydrogens (tertiary/aromatic N) is 1. The molecule has 10 nitrogen and oxygen atoms in total. The summed E-state index contributed by atoms with van der Waals surface area (Å²) < 4.78 is 34.4. The Morgan fingerprint density at radius 2 is 2.13 bits per heavy atom. The third-order valence-corrected chi connectivity index (χ3v) is 6.76. The molecular weight excluding hydrogens is 427 g/mol. The second-order valence-corrected chi connectivity index (χ2v) is 9.46. The minimum Gasteiger partial charge on any atom is -0.464 e. The van der Waals surface area contributed by atoms with Crippen molar-refractivity contribution in [2.24, 2.45) is 0 Å². The minimum absolute atomic E-state index is 0.0195. The molecule has 0 saturated carbocycles. The molecule has 31 heavy (non-hydrogen) atoms. The van der Waals surface area contributed by atoms with E-state index in [1.165, 1.54) is 11.2 Å². The molecule has 2 heterocycles. The zero-order valence-electron chi connectivity index (χ0n) is 16.6. The van der Waals surface area contributed by atoms with Gasteiger partial charge in [-0.1, -0.05) is 24.8 Å². The highest BCUT2D eigenvalue weighted by Crippen LogP contribution is 2.22. The normalized spacial score (nSPS) is 18.9. The van der Waals surface area contributed by atoms with Crippen LogP contribution in [0.3, 0.4) is 0 Å². The molecule has 166 valence electrons. The molecule has 1 aliphatic heterocycles. The van der Waals surface area contributed by atoms with Gasteiger partial charge in [0.2, 0.25) is 5.91 Å². The number of fused-ring (bicyclic) bond motifs is 1. The number of carbonyl (C=O) groups is 2. The number of para-hydroxylation sites is 1. The maximum atomic E-state index is 12.2. The van der Waals surface area contributed by atoms with Gasteiger partial charge in [-0.25, -0.2) is 13.2 Å². The summed E-state index contributed by atoms with van der Waals surface area (Å²) in [5, 5.41) is 22.5. The molecule has 2 aromatic rings. The third kappa shape index (κ3) is 5.66. The fourth-order valence-electron chi connectivity index (χ4n) is 3.46. The number of hydrogen-bond donors (Lipinski definition) is 3. The molecule has 1 aromatic carbocycles. The van der Waals surface area contributed by atoms with Gasteiger partial charge < -0.3 is 29.4 Å². The van der Waals surface area contributed by atoms with Crippen molar-refractivity contribution >= 4 is 39.9 Å². The standard InChI is InChI=1S/C19H23BN2O8S/c1-2-18(23)22-7-8-31(27,28)12-14(22)11-30-19(24)21-17(20(25)26)9-13-10-29-16-6-4-3-5-15(13)16/h2-6,10,14,17,25-26H,1,7-9,11-12H2,(H,21,24)/t14-,17?/m0/s1. The molecule has 3 rings (SSSR count). The first-order valence-corrected chi connectivity index (χ1v) is 11.4. The fraction of sp³-hybridized carbons (Fsp3) is 0.368. The van der Waals surface area contributed by atoms with Crippen molar-refractivity contribution in [2.75, 3.05) is 24.7 Å². The molecule has 12 heteroatoms. The van der Waals surface area contributed by atoms with Gasteiger partial charge in [-0.15, -0.1) is 0 Å². The number of carbonyl (C=O) groups excluding carboxylic acids is 2. The Balaban J connectivity index is 1.63. The lowest BCUT2D eigenvalue weighted by molar-refractivity contribution is -0.128. The summed E-state index contributed by atoms with van der Waals surface area (Å²) in [6.07, 6.45) is 1.62. The van der Waals surface area contributed by atoms with Gasteiger partial charge in [0.05, 0.1) is 29.8 Å². The van der Waals surface area contributed by atoms with Crippen LogP contribution < -0.4 is 5.32 Å². The topological polar surface area (TPSA) is 146 Å². The number of furan rings is 1. The zero-order chi connectivity index (χ0) is 22.6. The molecule has 1 unspecified atom stereocenters. The molecule has 1 aromatic heterocycles. The van der Waals surface area contributed by atoms with Crippen molar-refractivity contribution < 1.29 is 37.2 Å². The molecule has 2 atom stereocenters. The second-order valence-electron chi connectivity index (χ2n) is 7.23. The largest absolute Gasteiger partial charge is 0.475 e. The van der Waals surface area contributed by atoms with Crippen LogP contribution >= 0.6 is 0 Å². The van der Waals surface area contributed by atoms with Crippen LogP contribution in [0.5, 0.6) is 0 Å². The highest BCUT2D eigenvalue weighted by molar-refractivity contribution is 7.91. The van der Waals surface area contributed by atoms with E-state index in [4.69, 9.17) is 9.15 Å². The van der Waals surface area contributed by atoms with Crippen molar-refractivity contribution in [3.05, 3.63) is 48.7 Å². The van der Waals surface area contributed by atoms with E-state index in [0.717, 1.165) is 11.5 Å². The number of amides is 2. The van der Waals surface area contributed by atoms with E-state index in [9.17, 15) is 28.1 Å². The Bertz CT molecular complexity index is 1070. The first-order valence-electron chi connectivity index (χ1n) is 9.58. The molecular formula is C19H23BN2O8S. The van der Waals surface area contributed by atoms with Crippen molar-refractivity contribution in [3.63, 3.8) is 0 Å². The number of nitrogens with one attached hydrogen (secondary N) is 1. The molecule has 0 radical (unpaired) electrons. The predicted molar refractivity (Wildman–Crippen MR) is 113 cm³/mol. The average molecular weight is 450 g/mol. The lowest BCUT2D eigenvalue weighted by Crippen LogP contribution is -2.54. The second kappa shape index (κ2) is 9.54. The van der Waals surface area contributed by atoms with Gasteiger partial charge >= 0.3 is 13.2 Å². The predicted octanol–water partition coefficient (Wildman–Crippen LogP) is -0.106. The molecule has 1 saturated heterocycles. The summed E-state index contributed by atoms with van der Waals surface area (Å²) >= 11 is 0. The fourth-order valence-corrected chi connectivity index (χ4v) is 4.96. The zero-order valence-corrected chi connectivity index (χ0v) is 17.5. The molecule has 0 spiro atoms. The van der Waals surface area contributed by atoms with Crippen LogP contribution in [0, 0.1) is 0 Å². The van der Waals surface area contributed by atoms with Gasteiger partial charge in [0.1, 0.15) is 12.2 Å². The highest BCUT2D eigenvalue weighted by atomic mass is 32.2. The van der Waals surface area contributed by atoms with Crippen molar-refractivity contribution in [1.29, 1.82) is 0 Å². The number of benzene rings is 1. The number of rotatable bonds is 7. The van der Waals surface area contributed by atoms with Crippen LogP contribution in [0.1, 0.15) is 5.56 Å². The van der Waals surface area contributed by atoms with Crippen LogP contribution in [0.4, 0.5) is 4.79 Å². The molecule has 0 bridgehead atoms. The molecule has 3 N–H and O–H groups in total. The molecule has 1 fully saturated rings. The molecule has 0 aliphatic carbocycles. The van der Waals surface area contributed by atoms with E-state index in [1.807, 2.05) is 12.1 Å². The Kier molecular flexibility index (Phi) is 7.03. The Morgan fingerprint density at radius 1 is 1.39 bits per heavy atom. The van der Waals surface area contributed by atoms with Crippen LogP contribution in [0.2, 0.25) is 0 Å². The van der Waals surface area contributed by atoms with Crippen LogP contribution in [-0.4, -0.2) is 79.1 Å². The van der Waals surface area contributed by atoms with E-state index in [-0.39, 0.29) is 31.1 Å². The minimum atomic E-state index is -3.38. The maximum absolute atomic E-state index is 12.2. The van der Waals surface area contributed by atoms with Crippen molar-refractivity contribution in [3.8, 4) is 0 Å². The van der Waals surface area contributed by atoms with E-state index in [0.29, 0.717) is 11.1 Å². The first kappa shape index (κ1) is 22.9. The van der Waals surface area contributed by atoms with E-state index in [2.05, 4.69) is 11.9 Å². The summed E-state index contributed by atoms with van der Waals surface area (Å²) in [5.41, 5.74) is 1.28. The highest BCUT2D eigenvalue weighted by Gasteiger charge is 2.34. The van der Waals surface area contributed by atoms with Crippen molar-refractivity contribution in [2.45, 2.75) is 18.4 Å². The summed E-state index contributed by atoms with van der Waals surface area (Å²) in [5.74, 6) is -2.08. The molecule has 1 aliphatic rings. The van der Waals surface area contributed by atoms with Gasteiger partial charge in [-0.2, -0.15) is 0 Å². The molecule has 2 amide bonds. The lowest BCUT2D eigenvalue weighted by atomic mass is 9.76. The number of alkyl carbamates (subject to hydrolysis) is 1. The summed E-state index contributed by atoms with van der Waals surface area (Å²) in [4.78, 5) is 25.5. The van der Waals surface area contributed by atoms with E-state index >= 15 is 0 Å². The SMILES string of the molecule is C=CC(=O)N1CCS(=O)(=O)C[C@@H]1COC(=O)NC(Cc1coc2ccccc12)B(O)O. The average Bonchev–Trinajstić information content (AvgIpc) is 3.13.